The second-order valence-corrected chi connectivity index (χ2v) is 5.58. The molecule has 1 aromatic heterocycles. The summed E-state index contributed by atoms with van der Waals surface area (Å²) in [5.41, 5.74) is 0. The summed E-state index contributed by atoms with van der Waals surface area (Å²) in [6.45, 7) is 5.40. The highest BCUT2D eigenvalue weighted by atomic mass is 32.1. The highest BCUT2D eigenvalue weighted by Gasteiger charge is 2.22. The zero-order valence-electron chi connectivity index (χ0n) is 11.1. The molecule has 2 amide bonds. The summed E-state index contributed by atoms with van der Waals surface area (Å²) in [4.78, 5) is 28.4. The molecule has 5 nitrogen and oxygen atoms in total. The van der Waals surface area contributed by atoms with Crippen molar-refractivity contribution in [3.8, 4) is 0 Å². The molecule has 2 rings (SSSR count). The van der Waals surface area contributed by atoms with Gasteiger partial charge in [-0.2, -0.15) is 0 Å². The largest absolute Gasteiger partial charge is 0.353 e. The first kappa shape index (κ1) is 14.0. The number of nitrogens with one attached hydrogen (secondary N) is 1. The van der Waals surface area contributed by atoms with Gasteiger partial charge in [-0.1, -0.05) is 13.0 Å². The summed E-state index contributed by atoms with van der Waals surface area (Å²) >= 11 is 1.70. The topological polar surface area (TPSA) is 52.7 Å². The average molecular weight is 281 g/mol. The third-order valence-corrected chi connectivity index (χ3v) is 4.02. The molecule has 2 heterocycles. The molecule has 1 saturated heterocycles. The van der Waals surface area contributed by atoms with Crippen LogP contribution in [0.5, 0.6) is 0 Å². The quantitative estimate of drug-likeness (QED) is 0.856. The van der Waals surface area contributed by atoms with E-state index in [1.165, 1.54) is 4.88 Å². The average Bonchev–Trinajstić information content (AvgIpc) is 2.90. The number of piperazine rings is 1. The van der Waals surface area contributed by atoms with Gasteiger partial charge in [-0.05, 0) is 18.0 Å². The third-order valence-electron chi connectivity index (χ3n) is 3.16. The van der Waals surface area contributed by atoms with Crippen molar-refractivity contribution in [2.75, 3.05) is 32.7 Å². The molecule has 104 valence electrons. The minimum absolute atomic E-state index is 0.0354. The zero-order valence-corrected chi connectivity index (χ0v) is 11.9. The molecule has 0 unspecified atom stereocenters. The van der Waals surface area contributed by atoms with Crippen LogP contribution >= 0.6 is 11.3 Å². The van der Waals surface area contributed by atoms with Crippen molar-refractivity contribution in [1.29, 1.82) is 0 Å². The molecule has 1 aliphatic rings. The Kier molecular flexibility index (Phi) is 4.93. The lowest BCUT2D eigenvalue weighted by molar-refractivity contribution is -0.139. The van der Waals surface area contributed by atoms with Crippen LogP contribution in [-0.2, 0) is 16.1 Å². The fourth-order valence-corrected chi connectivity index (χ4v) is 2.79. The molecule has 19 heavy (non-hydrogen) atoms. The van der Waals surface area contributed by atoms with E-state index in [4.69, 9.17) is 0 Å². The van der Waals surface area contributed by atoms with Gasteiger partial charge in [0.1, 0.15) is 0 Å². The number of thiophene rings is 1. The van der Waals surface area contributed by atoms with Crippen LogP contribution in [0, 0.1) is 0 Å². The van der Waals surface area contributed by atoms with Crippen molar-refractivity contribution in [2.45, 2.75) is 13.5 Å². The maximum absolute atomic E-state index is 12.1. The molecule has 0 saturated carbocycles. The fourth-order valence-electron chi connectivity index (χ4n) is 2.05. The van der Waals surface area contributed by atoms with E-state index in [2.05, 4.69) is 16.3 Å². The maximum atomic E-state index is 12.1. The summed E-state index contributed by atoms with van der Waals surface area (Å²) in [5.74, 6) is -0.0332. The van der Waals surface area contributed by atoms with E-state index in [9.17, 15) is 9.59 Å². The second kappa shape index (κ2) is 6.68. The van der Waals surface area contributed by atoms with Crippen LogP contribution in [-0.4, -0.2) is 54.3 Å². The van der Waals surface area contributed by atoms with Crippen LogP contribution < -0.4 is 5.32 Å². The van der Waals surface area contributed by atoms with Crippen LogP contribution in [0.4, 0.5) is 0 Å². The number of likely N-dealkylation sites (N-methyl/N-ethyl adjacent to an activating group) is 1. The van der Waals surface area contributed by atoms with E-state index in [1.807, 2.05) is 18.4 Å². The normalized spacial score (nSPS) is 15.7. The first-order valence-electron chi connectivity index (χ1n) is 6.48. The summed E-state index contributed by atoms with van der Waals surface area (Å²) in [5, 5.41) is 4.77. The van der Waals surface area contributed by atoms with Gasteiger partial charge in [0.15, 0.2) is 0 Å². The molecule has 1 aromatic rings. The molecule has 0 spiro atoms. The van der Waals surface area contributed by atoms with Gasteiger partial charge in [0.05, 0.1) is 13.1 Å². The monoisotopic (exact) mass is 281 g/mol. The first-order chi connectivity index (χ1) is 9.19. The predicted octanol–water partition coefficient (Wildman–Crippen LogP) is 0.528. The molecule has 0 bridgehead atoms. The SMILES string of the molecule is CCN(CC(=O)N1CCNC(=O)C1)Cc1cccs1. The molecule has 1 fully saturated rings. The van der Waals surface area contributed by atoms with Gasteiger partial charge in [0.2, 0.25) is 11.8 Å². The second-order valence-electron chi connectivity index (χ2n) is 4.55. The van der Waals surface area contributed by atoms with Gasteiger partial charge in [0.25, 0.3) is 0 Å². The molecule has 6 heteroatoms. The lowest BCUT2D eigenvalue weighted by Crippen LogP contribution is -2.52. The Labute approximate surface area is 117 Å². The highest BCUT2D eigenvalue weighted by Crippen LogP contribution is 2.11. The lowest BCUT2D eigenvalue weighted by Gasteiger charge is -2.29. The Hall–Kier alpha value is -1.40. The van der Waals surface area contributed by atoms with E-state index < -0.39 is 0 Å². The number of hydrogen-bond acceptors (Lipinski definition) is 4. The van der Waals surface area contributed by atoms with Crippen LogP contribution in [0.15, 0.2) is 17.5 Å². The standard InChI is InChI=1S/C13H19N3O2S/c1-2-15(8-11-4-3-7-19-11)10-13(18)16-6-5-14-12(17)9-16/h3-4,7H,2,5-6,8-10H2,1H3,(H,14,17). The van der Waals surface area contributed by atoms with E-state index in [0.717, 1.165) is 13.1 Å². The minimum atomic E-state index is -0.0686. The number of nitrogens with zero attached hydrogens (tertiary/aromatic N) is 2. The van der Waals surface area contributed by atoms with Gasteiger partial charge in [0, 0.05) is 24.5 Å². The van der Waals surface area contributed by atoms with Crippen molar-refractivity contribution in [3.63, 3.8) is 0 Å². The Bertz CT molecular complexity index is 433. The molecule has 0 aliphatic carbocycles. The third kappa shape index (κ3) is 4.04. The molecule has 1 aliphatic heterocycles. The number of rotatable bonds is 5. The smallest absolute Gasteiger partial charge is 0.239 e. The zero-order chi connectivity index (χ0) is 13.7. The number of carbonyl (C=O) groups is 2. The number of amides is 2. The van der Waals surface area contributed by atoms with E-state index in [-0.39, 0.29) is 18.4 Å². The van der Waals surface area contributed by atoms with E-state index >= 15 is 0 Å². The van der Waals surface area contributed by atoms with Gasteiger partial charge in [-0.15, -0.1) is 11.3 Å². The minimum Gasteiger partial charge on any atom is -0.353 e. The summed E-state index contributed by atoms with van der Waals surface area (Å²) < 4.78 is 0. The van der Waals surface area contributed by atoms with Crippen molar-refractivity contribution in [1.82, 2.24) is 15.1 Å². The molecular formula is C13H19N3O2S. The summed E-state index contributed by atoms with van der Waals surface area (Å²) in [6, 6.07) is 4.09. The lowest BCUT2D eigenvalue weighted by atomic mass is 10.3. The van der Waals surface area contributed by atoms with E-state index in [0.29, 0.717) is 19.6 Å². The van der Waals surface area contributed by atoms with Crippen LogP contribution in [0.25, 0.3) is 0 Å². The van der Waals surface area contributed by atoms with Gasteiger partial charge in [-0.25, -0.2) is 0 Å². The molecule has 0 radical (unpaired) electrons. The van der Waals surface area contributed by atoms with Crippen LogP contribution in [0.3, 0.4) is 0 Å². The highest BCUT2D eigenvalue weighted by molar-refractivity contribution is 7.09. The van der Waals surface area contributed by atoms with Gasteiger partial charge in [-0.3, -0.25) is 14.5 Å². The molecule has 1 N–H and O–H groups in total. The van der Waals surface area contributed by atoms with E-state index in [1.54, 1.807) is 16.2 Å². The van der Waals surface area contributed by atoms with Crippen molar-refractivity contribution in [2.24, 2.45) is 0 Å². The van der Waals surface area contributed by atoms with Crippen molar-refractivity contribution < 1.29 is 9.59 Å². The maximum Gasteiger partial charge on any atom is 0.239 e. The van der Waals surface area contributed by atoms with Crippen LogP contribution in [0.1, 0.15) is 11.8 Å². The summed E-state index contributed by atoms with van der Waals surface area (Å²) in [7, 11) is 0. The Morgan fingerprint density at radius 3 is 3.05 bits per heavy atom. The predicted molar refractivity (Wildman–Crippen MR) is 74.9 cm³/mol. The first-order valence-corrected chi connectivity index (χ1v) is 7.36. The molecule has 0 aromatic carbocycles. The Morgan fingerprint density at radius 2 is 2.42 bits per heavy atom. The fraction of sp³-hybridized carbons (Fsp3) is 0.538. The Balaban J connectivity index is 1.86. The van der Waals surface area contributed by atoms with Crippen molar-refractivity contribution in [3.05, 3.63) is 22.4 Å². The van der Waals surface area contributed by atoms with Gasteiger partial charge < -0.3 is 10.2 Å². The molecule has 0 atom stereocenters. The van der Waals surface area contributed by atoms with Gasteiger partial charge >= 0.3 is 0 Å². The number of hydrogen-bond donors (Lipinski definition) is 1. The molecular weight excluding hydrogens is 262 g/mol. The number of carbonyl (C=O) groups excluding carboxylic acids is 2. The van der Waals surface area contributed by atoms with Crippen LogP contribution in [0.2, 0.25) is 0 Å². The summed E-state index contributed by atoms with van der Waals surface area (Å²) in [6.07, 6.45) is 0. The van der Waals surface area contributed by atoms with Crippen molar-refractivity contribution >= 4 is 23.2 Å². The Morgan fingerprint density at radius 1 is 1.58 bits per heavy atom.